The zero-order valence-electron chi connectivity index (χ0n) is 10.9. The minimum atomic E-state index is 0.0645. The van der Waals surface area contributed by atoms with Crippen LogP contribution in [-0.2, 0) is 11.8 Å². The summed E-state index contributed by atoms with van der Waals surface area (Å²) in [5, 5.41) is 11.1. The summed E-state index contributed by atoms with van der Waals surface area (Å²) in [5.74, 6) is 0.591. The molecule has 2 rings (SSSR count). The predicted molar refractivity (Wildman–Crippen MR) is 74.9 cm³/mol. The highest BCUT2D eigenvalue weighted by Crippen LogP contribution is 2.20. The lowest BCUT2D eigenvalue weighted by atomic mass is 10.2. The van der Waals surface area contributed by atoms with E-state index < -0.39 is 0 Å². The third-order valence-corrected chi connectivity index (χ3v) is 4.40. The van der Waals surface area contributed by atoms with Crippen molar-refractivity contribution < 1.29 is 4.79 Å². The van der Waals surface area contributed by atoms with Crippen LogP contribution in [0.15, 0.2) is 6.20 Å². The number of aryl methyl sites for hydroxylation is 2. The smallest absolute Gasteiger partial charge is 0.234 e. The van der Waals surface area contributed by atoms with Crippen LogP contribution in [0.4, 0.5) is 5.69 Å². The Bertz CT molecular complexity index is 412. The van der Waals surface area contributed by atoms with Gasteiger partial charge in [-0.15, -0.1) is 11.8 Å². The number of piperidine rings is 1. The number of nitrogens with one attached hydrogen (secondary N) is 2. The first-order valence-corrected chi connectivity index (χ1v) is 7.32. The van der Waals surface area contributed by atoms with Crippen LogP contribution < -0.4 is 10.6 Å². The molecule has 6 heteroatoms. The molecule has 0 atom stereocenters. The molecule has 1 saturated heterocycles. The van der Waals surface area contributed by atoms with Gasteiger partial charge in [0.25, 0.3) is 0 Å². The van der Waals surface area contributed by atoms with Crippen LogP contribution in [0.3, 0.4) is 0 Å². The van der Waals surface area contributed by atoms with E-state index in [1.54, 1.807) is 16.4 Å². The molecule has 0 aromatic carbocycles. The lowest BCUT2D eigenvalue weighted by Gasteiger charge is -2.21. The minimum absolute atomic E-state index is 0.0645. The molecule has 0 spiro atoms. The van der Waals surface area contributed by atoms with Gasteiger partial charge in [-0.05, 0) is 32.9 Å². The highest BCUT2D eigenvalue weighted by molar-refractivity contribution is 8.00. The van der Waals surface area contributed by atoms with Gasteiger partial charge < -0.3 is 10.6 Å². The maximum Gasteiger partial charge on any atom is 0.234 e. The van der Waals surface area contributed by atoms with Gasteiger partial charge in [-0.1, -0.05) is 0 Å². The van der Waals surface area contributed by atoms with Crippen LogP contribution in [-0.4, -0.2) is 39.8 Å². The van der Waals surface area contributed by atoms with E-state index >= 15 is 0 Å². The van der Waals surface area contributed by atoms with Gasteiger partial charge in [-0.2, -0.15) is 5.10 Å². The summed E-state index contributed by atoms with van der Waals surface area (Å²) in [4.78, 5) is 11.8. The molecule has 1 aromatic rings. The second kappa shape index (κ2) is 6.24. The van der Waals surface area contributed by atoms with Gasteiger partial charge in [0.1, 0.15) is 0 Å². The van der Waals surface area contributed by atoms with Crippen molar-refractivity contribution in [2.75, 3.05) is 24.2 Å². The maximum atomic E-state index is 11.8. The third-order valence-electron chi connectivity index (χ3n) is 3.02. The number of hydrogen-bond acceptors (Lipinski definition) is 4. The Morgan fingerprint density at radius 2 is 2.33 bits per heavy atom. The maximum absolute atomic E-state index is 11.8. The second-order valence-electron chi connectivity index (χ2n) is 4.61. The Labute approximate surface area is 112 Å². The van der Waals surface area contributed by atoms with E-state index in [1.165, 1.54) is 0 Å². The van der Waals surface area contributed by atoms with Gasteiger partial charge in [0, 0.05) is 18.5 Å². The molecule has 0 bridgehead atoms. The Hall–Kier alpha value is -1.01. The van der Waals surface area contributed by atoms with Crippen LogP contribution in [0.5, 0.6) is 0 Å². The van der Waals surface area contributed by atoms with Gasteiger partial charge >= 0.3 is 0 Å². The molecule has 0 unspecified atom stereocenters. The van der Waals surface area contributed by atoms with Crippen LogP contribution >= 0.6 is 11.8 Å². The number of carbonyl (C=O) groups is 1. The standard InChI is InChI=1S/C12H20N4OS/c1-9-11(7-16(2)15-9)14-12(17)8-18-10-3-5-13-6-4-10/h7,10,13H,3-6,8H2,1-2H3,(H,14,17). The van der Waals surface area contributed by atoms with Gasteiger partial charge in [0.05, 0.1) is 17.1 Å². The molecule has 1 fully saturated rings. The van der Waals surface area contributed by atoms with Crippen molar-refractivity contribution in [2.24, 2.45) is 7.05 Å². The summed E-state index contributed by atoms with van der Waals surface area (Å²) in [7, 11) is 1.85. The Morgan fingerprint density at radius 3 is 2.94 bits per heavy atom. The fourth-order valence-corrected chi connectivity index (χ4v) is 3.09. The molecular formula is C12H20N4OS. The summed E-state index contributed by atoms with van der Waals surface area (Å²) in [5.41, 5.74) is 1.67. The summed E-state index contributed by atoms with van der Waals surface area (Å²) >= 11 is 1.76. The lowest BCUT2D eigenvalue weighted by molar-refractivity contribution is -0.113. The average molecular weight is 268 g/mol. The SMILES string of the molecule is Cc1nn(C)cc1NC(=O)CSC1CCNCC1. The zero-order chi connectivity index (χ0) is 13.0. The monoisotopic (exact) mass is 268 g/mol. The van der Waals surface area contributed by atoms with Crippen LogP contribution in [0.2, 0.25) is 0 Å². The van der Waals surface area contributed by atoms with Crippen LogP contribution in [0, 0.1) is 6.92 Å². The fraction of sp³-hybridized carbons (Fsp3) is 0.667. The summed E-state index contributed by atoms with van der Waals surface area (Å²) in [6, 6.07) is 0. The molecule has 1 aliphatic heterocycles. The van der Waals surface area contributed by atoms with E-state index in [1.807, 2.05) is 20.2 Å². The first-order chi connectivity index (χ1) is 8.65. The molecule has 100 valence electrons. The predicted octanol–water partition coefficient (Wildman–Crippen LogP) is 1.15. The Balaban J connectivity index is 1.76. The molecule has 2 N–H and O–H groups in total. The Kier molecular flexibility index (Phi) is 4.66. The number of thioether (sulfide) groups is 1. The van der Waals surface area contributed by atoms with Gasteiger partial charge in [0.2, 0.25) is 5.91 Å². The van der Waals surface area contributed by atoms with Gasteiger partial charge in [-0.3, -0.25) is 9.48 Å². The molecular weight excluding hydrogens is 248 g/mol. The first-order valence-electron chi connectivity index (χ1n) is 6.27. The van der Waals surface area contributed by atoms with Crippen molar-refractivity contribution in [1.29, 1.82) is 0 Å². The van der Waals surface area contributed by atoms with Gasteiger partial charge in [0.15, 0.2) is 0 Å². The molecule has 0 saturated carbocycles. The van der Waals surface area contributed by atoms with E-state index in [2.05, 4.69) is 15.7 Å². The lowest BCUT2D eigenvalue weighted by Crippen LogP contribution is -2.30. The molecule has 0 radical (unpaired) electrons. The molecule has 1 amide bonds. The third kappa shape index (κ3) is 3.74. The fourth-order valence-electron chi connectivity index (χ4n) is 2.06. The van der Waals surface area contributed by atoms with Crippen molar-refractivity contribution in [1.82, 2.24) is 15.1 Å². The van der Waals surface area contributed by atoms with Crippen LogP contribution in [0.1, 0.15) is 18.5 Å². The molecule has 5 nitrogen and oxygen atoms in total. The molecule has 18 heavy (non-hydrogen) atoms. The van der Waals surface area contributed by atoms with Crippen molar-refractivity contribution in [2.45, 2.75) is 25.0 Å². The number of anilines is 1. The summed E-state index contributed by atoms with van der Waals surface area (Å²) in [6.45, 7) is 4.04. The number of nitrogens with zero attached hydrogens (tertiary/aromatic N) is 2. The van der Waals surface area contributed by atoms with Crippen molar-refractivity contribution in [3.8, 4) is 0 Å². The number of carbonyl (C=O) groups excluding carboxylic acids is 1. The zero-order valence-corrected chi connectivity index (χ0v) is 11.7. The molecule has 1 aromatic heterocycles. The number of hydrogen-bond donors (Lipinski definition) is 2. The minimum Gasteiger partial charge on any atom is -0.322 e. The summed E-state index contributed by atoms with van der Waals surface area (Å²) < 4.78 is 1.71. The molecule has 1 aliphatic rings. The van der Waals surface area contributed by atoms with E-state index in [0.717, 1.165) is 37.3 Å². The van der Waals surface area contributed by atoms with Gasteiger partial charge in [-0.25, -0.2) is 0 Å². The quantitative estimate of drug-likeness (QED) is 0.860. The number of rotatable bonds is 4. The van der Waals surface area contributed by atoms with Crippen LogP contribution in [0.25, 0.3) is 0 Å². The van der Waals surface area contributed by atoms with E-state index in [4.69, 9.17) is 0 Å². The first kappa shape index (κ1) is 13.4. The van der Waals surface area contributed by atoms with E-state index in [9.17, 15) is 4.79 Å². The second-order valence-corrected chi connectivity index (χ2v) is 5.90. The molecule has 0 aliphatic carbocycles. The largest absolute Gasteiger partial charge is 0.322 e. The van der Waals surface area contributed by atoms with Crippen molar-refractivity contribution >= 4 is 23.4 Å². The topological polar surface area (TPSA) is 59.0 Å². The number of amides is 1. The number of aromatic nitrogens is 2. The van der Waals surface area contributed by atoms with E-state index in [0.29, 0.717) is 11.0 Å². The van der Waals surface area contributed by atoms with Crippen molar-refractivity contribution in [3.63, 3.8) is 0 Å². The Morgan fingerprint density at radius 1 is 1.61 bits per heavy atom. The molecule has 2 heterocycles. The highest BCUT2D eigenvalue weighted by atomic mass is 32.2. The van der Waals surface area contributed by atoms with Crippen molar-refractivity contribution in [3.05, 3.63) is 11.9 Å². The normalized spacial score (nSPS) is 16.8. The average Bonchev–Trinajstić information content (AvgIpc) is 2.67. The van der Waals surface area contributed by atoms with E-state index in [-0.39, 0.29) is 5.91 Å². The summed E-state index contributed by atoms with van der Waals surface area (Å²) in [6.07, 6.45) is 4.15. The highest BCUT2D eigenvalue weighted by Gasteiger charge is 2.15.